The molecule has 0 unspecified atom stereocenters. The smallest absolute Gasteiger partial charge is 0.248 e. The Bertz CT molecular complexity index is 584. The highest BCUT2D eigenvalue weighted by molar-refractivity contribution is 7.09. The van der Waals surface area contributed by atoms with Crippen molar-refractivity contribution in [3.05, 3.63) is 52.0 Å². The lowest BCUT2D eigenvalue weighted by Crippen LogP contribution is -2.07. The van der Waals surface area contributed by atoms with Crippen LogP contribution in [0.15, 0.2) is 35.7 Å². The summed E-state index contributed by atoms with van der Waals surface area (Å²) >= 11 is 1.57. The third kappa shape index (κ3) is 4.03. The highest BCUT2D eigenvalue weighted by Gasteiger charge is 1.99. The number of amides is 1. The van der Waals surface area contributed by atoms with Crippen LogP contribution < -0.4 is 5.32 Å². The molecule has 1 aromatic heterocycles. The van der Waals surface area contributed by atoms with Gasteiger partial charge in [0.1, 0.15) is 0 Å². The standard InChI is InChI=1S/C15H16N2OS/c1-3-12-4-6-13(7-5-12)17-15(18)9-8-14-10-19-11(2)16-14/h4-10H,3H2,1-2H3,(H,17,18)/b9-8-. The molecule has 0 radical (unpaired) electrons. The van der Waals surface area contributed by atoms with Gasteiger partial charge < -0.3 is 5.32 Å². The second kappa shape index (κ2) is 6.29. The van der Waals surface area contributed by atoms with Gasteiger partial charge in [-0.25, -0.2) is 4.98 Å². The van der Waals surface area contributed by atoms with Crippen LogP contribution in [-0.4, -0.2) is 10.9 Å². The molecule has 3 nitrogen and oxygen atoms in total. The summed E-state index contributed by atoms with van der Waals surface area (Å²) in [5.74, 6) is -0.144. The zero-order valence-corrected chi connectivity index (χ0v) is 11.8. The van der Waals surface area contributed by atoms with E-state index in [2.05, 4.69) is 17.2 Å². The Labute approximate surface area is 117 Å². The molecular weight excluding hydrogens is 256 g/mol. The van der Waals surface area contributed by atoms with E-state index >= 15 is 0 Å². The predicted octanol–water partition coefficient (Wildman–Crippen LogP) is 3.67. The number of aryl methyl sites for hydroxylation is 2. The van der Waals surface area contributed by atoms with E-state index in [0.717, 1.165) is 22.8 Å². The largest absolute Gasteiger partial charge is 0.323 e. The summed E-state index contributed by atoms with van der Waals surface area (Å²) in [6, 6.07) is 7.86. The molecule has 2 rings (SSSR count). The number of anilines is 1. The summed E-state index contributed by atoms with van der Waals surface area (Å²) in [4.78, 5) is 16.0. The van der Waals surface area contributed by atoms with Crippen LogP contribution in [0, 0.1) is 6.92 Å². The number of rotatable bonds is 4. The van der Waals surface area contributed by atoms with Crippen LogP contribution in [0.3, 0.4) is 0 Å². The highest BCUT2D eigenvalue weighted by Crippen LogP contribution is 2.11. The fraction of sp³-hybridized carbons (Fsp3) is 0.200. The Hall–Kier alpha value is -1.94. The zero-order chi connectivity index (χ0) is 13.7. The van der Waals surface area contributed by atoms with Crippen LogP contribution >= 0.6 is 11.3 Å². The number of aromatic nitrogens is 1. The lowest BCUT2D eigenvalue weighted by molar-refractivity contribution is -0.111. The van der Waals surface area contributed by atoms with Gasteiger partial charge >= 0.3 is 0 Å². The van der Waals surface area contributed by atoms with E-state index < -0.39 is 0 Å². The number of hydrogen-bond acceptors (Lipinski definition) is 3. The summed E-state index contributed by atoms with van der Waals surface area (Å²) in [5.41, 5.74) is 2.88. The van der Waals surface area contributed by atoms with Crippen molar-refractivity contribution in [3.63, 3.8) is 0 Å². The Kier molecular flexibility index (Phi) is 4.47. The monoisotopic (exact) mass is 272 g/mol. The van der Waals surface area contributed by atoms with E-state index in [0.29, 0.717) is 0 Å². The van der Waals surface area contributed by atoms with Gasteiger partial charge in [0.2, 0.25) is 5.91 Å². The molecule has 0 fully saturated rings. The highest BCUT2D eigenvalue weighted by atomic mass is 32.1. The van der Waals surface area contributed by atoms with Crippen molar-refractivity contribution in [2.45, 2.75) is 20.3 Å². The van der Waals surface area contributed by atoms with Gasteiger partial charge in [-0.1, -0.05) is 19.1 Å². The van der Waals surface area contributed by atoms with Crippen molar-refractivity contribution < 1.29 is 4.79 Å². The van der Waals surface area contributed by atoms with E-state index in [1.165, 1.54) is 11.6 Å². The van der Waals surface area contributed by atoms with E-state index in [1.807, 2.05) is 36.6 Å². The van der Waals surface area contributed by atoms with Gasteiger partial charge in [0, 0.05) is 17.1 Å². The second-order valence-corrected chi connectivity index (χ2v) is 5.23. The Morgan fingerprint density at radius 3 is 2.68 bits per heavy atom. The third-order valence-electron chi connectivity index (χ3n) is 2.67. The minimum absolute atomic E-state index is 0.144. The predicted molar refractivity (Wildman–Crippen MR) is 80.3 cm³/mol. The number of nitrogens with zero attached hydrogens (tertiary/aromatic N) is 1. The first kappa shape index (κ1) is 13.5. The average Bonchev–Trinajstić information content (AvgIpc) is 2.83. The molecule has 98 valence electrons. The molecule has 0 aliphatic rings. The number of carbonyl (C=O) groups excluding carboxylic acids is 1. The van der Waals surface area contributed by atoms with Crippen LogP contribution in [0.4, 0.5) is 5.69 Å². The normalized spacial score (nSPS) is 10.8. The van der Waals surface area contributed by atoms with Gasteiger partial charge in [0.05, 0.1) is 10.7 Å². The van der Waals surface area contributed by atoms with E-state index in [-0.39, 0.29) is 5.91 Å². The van der Waals surface area contributed by atoms with Gasteiger partial charge in [0.15, 0.2) is 0 Å². The second-order valence-electron chi connectivity index (χ2n) is 4.16. The topological polar surface area (TPSA) is 42.0 Å². The van der Waals surface area contributed by atoms with Crippen molar-refractivity contribution in [2.24, 2.45) is 0 Å². The zero-order valence-electron chi connectivity index (χ0n) is 11.0. The molecule has 0 spiro atoms. The minimum atomic E-state index is -0.144. The van der Waals surface area contributed by atoms with Gasteiger partial charge in [0.25, 0.3) is 0 Å². The number of benzene rings is 1. The number of nitrogens with one attached hydrogen (secondary N) is 1. The van der Waals surface area contributed by atoms with Crippen molar-refractivity contribution in [1.29, 1.82) is 0 Å². The van der Waals surface area contributed by atoms with Crippen LogP contribution in [0.2, 0.25) is 0 Å². The maximum atomic E-state index is 11.7. The Morgan fingerprint density at radius 1 is 1.37 bits per heavy atom. The summed E-state index contributed by atoms with van der Waals surface area (Å²) in [7, 11) is 0. The Balaban J connectivity index is 1.95. The number of hydrogen-bond donors (Lipinski definition) is 1. The molecule has 4 heteroatoms. The van der Waals surface area contributed by atoms with Crippen LogP contribution in [0.25, 0.3) is 6.08 Å². The van der Waals surface area contributed by atoms with Crippen LogP contribution in [0.5, 0.6) is 0 Å². The van der Waals surface area contributed by atoms with Crippen molar-refractivity contribution in [3.8, 4) is 0 Å². The molecule has 0 atom stereocenters. The molecule has 1 N–H and O–H groups in total. The molecule has 0 aliphatic heterocycles. The third-order valence-corrected chi connectivity index (χ3v) is 3.46. The van der Waals surface area contributed by atoms with Crippen molar-refractivity contribution in [1.82, 2.24) is 4.98 Å². The van der Waals surface area contributed by atoms with Crippen LogP contribution in [0.1, 0.15) is 23.2 Å². The van der Waals surface area contributed by atoms with Gasteiger partial charge in [-0.05, 0) is 37.1 Å². The van der Waals surface area contributed by atoms with Crippen molar-refractivity contribution >= 4 is 29.0 Å². The molecule has 1 amide bonds. The lowest BCUT2D eigenvalue weighted by Gasteiger charge is -2.02. The molecule has 0 saturated heterocycles. The summed E-state index contributed by atoms with van der Waals surface area (Å²) < 4.78 is 0. The van der Waals surface area contributed by atoms with Gasteiger partial charge in [-0.3, -0.25) is 4.79 Å². The first-order valence-corrected chi connectivity index (χ1v) is 7.05. The molecule has 19 heavy (non-hydrogen) atoms. The molecule has 1 heterocycles. The summed E-state index contributed by atoms with van der Waals surface area (Å²) in [6.45, 7) is 4.05. The molecule has 0 bridgehead atoms. The van der Waals surface area contributed by atoms with E-state index in [4.69, 9.17) is 0 Å². The average molecular weight is 272 g/mol. The SMILES string of the molecule is CCc1ccc(NC(=O)/C=C\c2csc(C)n2)cc1. The molecule has 0 saturated carbocycles. The first-order valence-electron chi connectivity index (χ1n) is 6.17. The molecule has 2 aromatic rings. The van der Waals surface area contributed by atoms with Crippen molar-refractivity contribution in [2.75, 3.05) is 5.32 Å². The van der Waals surface area contributed by atoms with Gasteiger partial charge in [-0.2, -0.15) is 0 Å². The molecule has 0 aliphatic carbocycles. The fourth-order valence-electron chi connectivity index (χ4n) is 1.63. The minimum Gasteiger partial charge on any atom is -0.323 e. The van der Waals surface area contributed by atoms with Crippen LogP contribution in [-0.2, 0) is 11.2 Å². The van der Waals surface area contributed by atoms with E-state index in [1.54, 1.807) is 17.4 Å². The quantitative estimate of drug-likeness (QED) is 0.863. The Morgan fingerprint density at radius 2 is 2.11 bits per heavy atom. The summed E-state index contributed by atoms with van der Waals surface area (Å²) in [5, 5.41) is 5.74. The van der Waals surface area contributed by atoms with Gasteiger partial charge in [-0.15, -0.1) is 11.3 Å². The number of carbonyl (C=O) groups is 1. The maximum Gasteiger partial charge on any atom is 0.248 e. The summed E-state index contributed by atoms with van der Waals surface area (Å²) in [6.07, 6.45) is 4.22. The van der Waals surface area contributed by atoms with E-state index in [9.17, 15) is 4.79 Å². The maximum absolute atomic E-state index is 11.7. The first-order chi connectivity index (χ1) is 9.17. The number of thiazole rings is 1. The molecular formula is C15H16N2OS. The lowest BCUT2D eigenvalue weighted by atomic mass is 10.1. The fourth-order valence-corrected chi connectivity index (χ4v) is 2.21. The molecule has 1 aromatic carbocycles.